The Morgan fingerprint density at radius 1 is 1.31 bits per heavy atom. The second-order valence-corrected chi connectivity index (χ2v) is 6.39. The van der Waals surface area contributed by atoms with E-state index in [9.17, 15) is 4.79 Å². The molecule has 0 aliphatic heterocycles. The maximum Gasteiger partial charge on any atom is 0.330 e. The number of rotatable bonds is 7. The number of carbonyl (C=O) groups is 1. The fourth-order valence-corrected chi connectivity index (χ4v) is 2.53. The Labute approximate surface area is 158 Å². The number of ether oxygens (including phenoxy) is 2. The van der Waals surface area contributed by atoms with Crippen molar-refractivity contribution in [2.45, 2.75) is 27.3 Å². The first-order valence-corrected chi connectivity index (χ1v) is 8.70. The highest BCUT2D eigenvalue weighted by atomic mass is 35.5. The minimum Gasteiger partial charge on any atom is -0.495 e. The van der Waals surface area contributed by atoms with Gasteiger partial charge in [0.2, 0.25) is 0 Å². The highest BCUT2D eigenvalue weighted by molar-refractivity contribution is 6.29. The van der Waals surface area contributed by atoms with Crippen LogP contribution in [0, 0.1) is 0 Å². The van der Waals surface area contributed by atoms with Crippen LogP contribution in [-0.2, 0) is 16.1 Å². The lowest BCUT2D eigenvalue weighted by atomic mass is 10.2. The van der Waals surface area contributed by atoms with Crippen molar-refractivity contribution in [1.82, 2.24) is 9.55 Å². The van der Waals surface area contributed by atoms with Gasteiger partial charge < -0.3 is 14.0 Å². The average molecular weight is 375 g/mol. The molecule has 0 aliphatic carbocycles. The van der Waals surface area contributed by atoms with Gasteiger partial charge in [0.1, 0.15) is 11.4 Å². The summed E-state index contributed by atoms with van der Waals surface area (Å²) in [5, 5.41) is 1.65. The topological polar surface area (TPSA) is 53.4 Å². The zero-order valence-corrected chi connectivity index (χ0v) is 16.2. The number of esters is 1. The molecule has 5 nitrogen and oxygen atoms in total. The lowest BCUT2D eigenvalue weighted by Crippen LogP contribution is -2.03. The minimum atomic E-state index is -0.372. The van der Waals surface area contributed by atoms with Gasteiger partial charge in [0.15, 0.2) is 0 Å². The molecule has 2 rings (SSSR count). The van der Waals surface area contributed by atoms with Crippen molar-refractivity contribution in [3.63, 3.8) is 0 Å². The van der Waals surface area contributed by atoms with Crippen molar-refractivity contribution in [3.8, 4) is 5.75 Å². The third-order valence-electron chi connectivity index (χ3n) is 3.66. The third-order valence-corrected chi connectivity index (χ3v) is 3.78. The summed E-state index contributed by atoms with van der Waals surface area (Å²) >= 11 is 5.90. The van der Waals surface area contributed by atoms with Crippen LogP contribution in [0.4, 0.5) is 0 Å². The number of fused-ring (bicyclic) bond motifs is 1. The third kappa shape index (κ3) is 5.23. The van der Waals surface area contributed by atoms with Crippen LogP contribution in [0.2, 0.25) is 0 Å². The lowest BCUT2D eigenvalue weighted by molar-refractivity contribution is -0.137. The SMILES string of the molecule is CCOC(=O)/C=C/c1cc2cc(OC)cnc2n1C/C(C)=C/C=C(\C)Cl. The number of aromatic nitrogens is 2. The van der Waals surface area contributed by atoms with Gasteiger partial charge >= 0.3 is 5.97 Å². The highest BCUT2D eigenvalue weighted by Gasteiger charge is 2.10. The summed E-state index contributed by atoms with van der Waals surface area (Å²) in [5.41, 5.74) is 2.77. The van der Waals surface area contributed by atoms with Crippen LogP contribution < -0.4 is 4.74 Å². The fourth-order valence-electron chi connectivity index (χ4n) is 2.46. The first-order valence-electron chi connectivity index (χ1n) is 8.32. The second-order valence-electron chi connectivity index (χ2n) is 5.80. The molecule has 0 bridgehead atoms. The van der Waals surface area contributed by atoms with E-state index in [2.05, 4.69) is 4.98 Å². The average Bonchev–Trinajstić information content (AvgIpc) is 2.95. The van der Waals surface area contributed by atoms with Gasteiger partial charge in [-0.1, -0.05) is 23.3 Å². The molecular weight excluding hydrogens is 352 g/mol. The van der Waals surface area contributed by atoms with Crippen LogP contribution >= 0.6 is 11.6 Å². The van der Waals surface area contributed by atoms with Crippen molar-refractivity contribution in [3.05, 3.63) is 52.9 Å². The standard InChI is InChI=1S/C20H23ClN2O3/c1-5-26-19(24)9-8-17-10-16-11-18(25-4)12-22-20(16)23(17)13-14(2)6-7-15(3)21/h6-12H,5,13H2,1-4H3/b9-8+,14-6+,15-7+. The van der Waals surface area contributed by atoms with Gasteiger partial charge in [-0.2, -0.15) is 0 Å². The van der Waals surface area contributed by atoms with Crippen LogP contribution in [0.15, 0.2) is 47.2 Å². The molecule has 0 atom stereocenters. The molecule has 0 radical (unpaired) electrons. The van der Waals surface area contributed by atoms with Gasteiger partial charge in [0, 0.05) is 28.7 Å². The van der Waals surface area contributed by atoms with E-state index in [1.807, 2.05) is 42.7 Å². The predicted molar refractivity (Wildman–Crippen MR) is 105 cm³/mol. The van der Waals surface area contributed by atoms with Gasteiger partial charge in [-0.3, -0.25) is 0 Å². The van der Waals surface area contributed by atoms with Crippen LogP contribution in [0.1, 0.15) is 26.5 Å². The molecule has 0 N–H and O–H groups in total. The Morgan fingerprint density at radius 3 is 2.73 bits per heavy atom. The van der Waals surface area contributed by atoms with Crippen LogP contribution in [0.3, 0.4) is 0 Å². The number of allylic oxidation sites excluding steroid dienone is 4. The monoisotopic (exact) mass is 374 g/mol. The summed E-state index contributed by atoms with van der Waals surface area (Å²) in [5.74, 6) is 0.311. The van der Waals surface area contributed by atoms with E-state index in [-0.39, 0.29) is 5.97 Å². The summed E-state index contributed by atoms with van der Waals surface area (Å²) < 4.78 is 12.2. The maximum absolute atomic E-state index is 11.7. The highest BCUT2D eigenvalue weighted by Crippen LogP contribution is 2.24. The number of hydrogen-bond donors (Lipinski definition) is 0. The Bertz CT molecular complexity index is 875. The summed E-state index contributed by atoms with van der Waals surface area (Å²) in [6.07, 6.45) is 8.67. The van der Waals surface area contributed by atoms with Crippen molar-refractivity contribution in [2.75, 3.05) is 13.7 Å². The number of pyridine rings is 1. The molecule has 2 aromatic heterocycles. The normalized spacial score (nSPS) is 12.8. The molecule has 0 saturated carbocycles. The number of nitrogens with zero attached hydrogens (tertiary/aromatic N) is 2. The van der Waals surface area contributed by atoms with E-state index >= 15 is 0 Å². The molecule has 0 fully saturated rings. The fraction of sp³-hybridized carbons (Fsp3) is 0.300. The predicted octanol–water partition coefficient (Wildman–Crippen LogP) is 4.71. The van der Waals surface area contributed by atoms with Crippen molar-refractivity contribution in [2.24, 2.45) is 0 Å². The molecule has 6 heteroatoms. The smallest absolute Gasteiger partial charge is 0.330 e. The lowest BCUT2D eigenvalue weighted by Gasteiger charge is -2.08. The summed E-state index contributed by atoms with van der Waals surface area (Å²) in [7, 11) is 1.61. The van der Waals surface area contributed by atoms with Crippen LogP contribution in [0.5, 0.6) is 5.75 Å². The van der Waals surface area contributed by atoms with Crippen molar-refractivity contribution >= 4 is 34.7 Å². The number of carbonyl (C=O) groups excluding carboxylic acids is 1. The number of hydrogen-bond acceptors (Lipinski definition) is 4. The Hall–Kier alpha value is -2.53. The van der Waals surface area contributed by atoms with E-state index in [0.717, 1.165) is 22.3 Å². The van der Waals surface area contributed by atoms with E-state index in [1.165, 1.54) is 6.08 Å². The number of methoxy groups -OCH3 is 1. The van der Waals surface area contributed by atoms with Gasteiger partial charge in [-0.05, 0) is 45.1 Å². The first-order chi connectivity index (χ1) is 12.4. The zero-order chi connectivity index (χ0) is 19.1. The Kier molecular flexibility index (Phi) is 7.04. The van der Waals surface area contributed by atoms with E-state index in [0.29, 0.717) is 23.9 Å². The van der Waals surface area contributed by atoms with E-state index in [1.54, 1.807) is 26.3 Å². The number of halogens is 1. The molecule has 0 unspecified atom stereocenters. The van der Waals surface area contributed by atoms with Crippen LogP contribution in [-0.4, -0.2) is 29.2 Å². The van der Waals surface area contributed by atoms with Gasteiger partial charge in [0.05, 0.1) is 19.9 Å². The molecule has 26 heavy (non-hydrogen) atoms. The molecule has 0 spiro atoms. The van der Waals surface area contributed by atoms with Gasteiger partial charge in [0.25, 0.3) is 0 Å². The molecule has 0 aliphatic rings. The quantitative estimate of drug-likeness (QED) is 0.400. The zero-order valence-electron chi connectivity index (χ0n) is 15.5. The summed E-state index contributed by atoms with van der Waals surface area (Å²) in [6.45, 7) is 6.59. The summed E-state index contributed by atoms with van der Waals surface area (Å²) in [4.78, 5) is 16.2. The van der Waals surface area contributed by atoms with Crippen LogP contribution in [0.25, 0.3) is 17.1 Å². The Balaban J connectivity index is 2.46. The molecule has 0 saturated heterocycles. The molecule has 0 amide bonds. The first kappa shape index (κ1) is 19.8. The minimum absolute atomic E-state index is 0.344. The molecule has 138 valence electrons. The second kappa shape index (κ2) is 9.25. The van der Waals surface area contributed by atoms with Gasteiger partial charge in [-0.25, -0.2) is 9.78 Å². The Morgan fingerprint density at radius 2 is 2.08 bits per heavy atom. The van der Waals surface area contributed by atoms with E-state index < -0.39 is 0 Å². The summed E-state index contributed by atoms with van der Waals surface area (Å²) in [6, 6.07) is 3.89. The van der Waals surface area contributed by atoms with E-state index in [4.69, 9.17) is 21.1 Å². The molecule has 2 aromatic rings. The van der Waals surface area contributed by atoms with Crippen molar-refractivity contribution < 1.29 is 14.3 Å². The van der Waals surface area contributed by atoms with Crippen molar-refractivity contribution in [1.29, 1.82) is 0 Å². The van der Waals surface area contributed by atoms with Gasteiger partial charge in [-0.15, -0.1) is 0 Å². The molecule has 2 heterocycles. The maximum atomic E-state index is 11.7. The molecule has 0 aromatic carbocycles. The molecular formula is C20H23ClN2O3. The largest absolute Gasteiger partial charge is 0.495 e.